The molecule has 1 atom stereocenters. The zero-order chi connectivity index (χ0) is 20.1. The molecular weight excluding hydrogens is 370 g/mol. The van der Waals surface area contributed by atoms with Gasteiger partial charge < -0.3 is 15.1 Å². The zero-order valence-corrected chi connectivity index (χ0v) is 18.1. The molecule has 154 valence electrons. The highest BCUT2D eigenvalue weighted by Crippen LogP contribution is 2.27. The monoisotopic (exact) mass is 403 g/mol. The molecule has 2 aliphatic rings. The highest BCUT2D eigenvalue weighted by molar-refractivity contribution is 7.98. The third kappa shape index (κ3) is 5.29. The first-order valence-corrected chi connectivity index (χ1v) is 11.8. The second-order valence-corrected chi connectivity index (χ2v) is 9.25. The molecule has 2 saturated heterocycles. The lowest BCUT2D eigenvalue weighted by Gasteiger charge is -2.32. The van der Waals surface area contributed by atoms with Crippen molar-refractivity contribution in [2.75, 3.05) is 43.1 Å². The van der Waals surface area contributed by atoms with Crippen LogP contribution in [0.5, 0.6) is 0 Å². The predicted molar refractivity (Wildman–Crippen MR) is 117 cm³/mol. The number of nitrogens with zero attached hydrogens (tertiary/aromatic N) is 2. The molecule has 0 spiro atoms. The molecular formula is C22H33N3O2S. The molecule has 5 nitrogen and oxygen atoms in total. The SMILES string of the molecule is CSCCN1CCC(NC(=O)C2CC(=O)N(c3ccc(C(C)C)cc3)C2)CC1. The lowest BCUT2D eigenvalue weighted by molar-refractivity contribution is -0.127. The Hall–Kier alpha value is -1.53. The number of anilines is 1. The van der Waals surface area contributed by atoms with Crippen molar-refractivity contribution in [3.05, 3.63) is 29.8 Å². The van der Waals surface area contributed by atoms with Crippen molar-refractivity contribution in [2.45, 2.75) is 45.1 Å². The van der Waals surface area contributed by atoms with Gasteiger partial charge in [-0.25, -0.2) is 0 Å². The molecule has 3 rings (SSSR count). The molecule has 2 aliphatic heterocycles. The van der Waals surface area contributed by atoms with Gasteiger partial charge in [0.2, 0.25) is 11.8 Å². The van der Waals surface area contributed by atoms with E-state index in [-0.39, 0.29) is 23.8 Å². The van der Waals surface area contributed by atoms with Crippen molar-refractivity contribution in [3.8, 4) is 0 Å². The normalized spacial score (nSPS) is 21.5. The number of thioether (sulfide) groups is 1. The summed E-state index contributed by atoms with van der Waals surface area (Å²) in [5.74, 6) is 1.47. The van der Waals surface area contributed by atoms with E-state index < -0.39 is 0 Å². The number of hydrogen-bond donors (Lipinski definition) is 1. The Balaban J connectivity index is 1.50. The summed E-state index contributed by atoms with van der Waals surface area (Å²) in [6, 6.07) is 8.39. The summed E-state index contributed by atoms with van der Waals surface area (Å²) >= 11 is 1.88. The van der Waals surface area contributed by atoms with Crippen molar-refractivity contribution in [3.63, 3.8) is 0 Å². The maximum absolute atomic E-state index is 12.7. The molecule has 6 heteroatoms. The predicted octanol–water partition coefficient (Wildman–Crippen LogP) is 3.11. The molecule has 1 aromatic carbocycles. The number of benzene rings is 1. The number of carbonyl (C=O) groups excluding carboxylic acids is 2. The van der Waals surface area contributed by atoms with E-state index >= 15 is 0 Å². The standard InChI is InChI=1S/C22H33N3O2S/c1-16(2)17-4-6-20(7-5-17)25-15-18(14-21(25)26)22(27)23-19-8-10-24(11-9-19)12-13-28-3/h4-7,16,18-19H,8-15H2,1-3H3,(H,23,27). The van der Waals surface area contributed by atoms with Gasteiger partial charge in [0.05, 0.1) is 5.92 Å². The van der Waals surface area contributed by atoms with Crippen molar-refractivity contribution in [1.29, 1.82) is 0 Å². The van der Waals surface area contributed by atoms with E-state index in [2.05, 4.69) is 42.5 Å². The number of hydrogen-bond acceptors (Lipinski definition) is 4. The van der Waals surface area contributed by atoms with E-state index in [0.717, 1.165) is 43.9 Å². The topological polar surface area (TPSA) is 52.7 Å². The van der Waals surface area contributed by atoms with E-state index in [1.54, 1.807) is 4.90 Å². The van der Waals surface area contributed by atoms with Crippen molar-refractivity contribution in [1.82, 2.24) is 10.2 Å². The van der Waals surface area contributed by atoms with Crippen LogP contribution in [0, 0.1) is 5.92 Å². The maximum atomic E-state index is 12.7. The van der Waals surface area contributed by atoms with Crippen LogP contribution in [0.3, 0.4) is 0 Å². The largest absolute Gasteiger partial charge is 0.353 e. The molecule has 2 fully saturated rings. The Labute approximate surface area is 173 Å². The highest BCUT2D eigenvalue weighted by atomic mass is 32.2. The van der Waals surface area contributed by atoms with E-state index in [0.29, 0.717) is 18.9 Å². The number of carbonyl (C=O) groups is 2. The summed E-state index contributed by atoms with van der Waals surface area (Å²) in [7, 11) is 0. The smallest absolute Gasteiger partial charge is 0.227 e. The Kier molecular flexibility index (Phi) is 7.41. The summed E-state index contributed by atoms with van der Waals surface area (Å²) in [5.41, 5.74) is 2.15. The quantitative estimate of drug-likeness (QED) is 0.760. The molecule has 28 heavy (non-hydrogen) atoms. The fraction of sp³-hybridized carbons (Fsp3) is 0.636. The van der Waals surface area contributed by atoms with E-state index in [1.165, 1.54) is 5.56 Å². The van der Waals surface area contributed by atoms with Gasteiger partial charge in [0.25, 0.3) is 0 Å². The van der Waals surface area contributed by atoms with Crippen LogP contribution in [-0.4, -0.2) is 60.9 Å². The number of nitrogens with one attached hydrogen (secondary N) is 1. The molecule has 0 bridgehead atoms. The first kappa shape index (κ1) is 21.2. The molecule has 2 heterocycles. The second kappa shape index (κ2) is 9.79. The van der Waals surface area contributed by atoms with Gasteiger partial charge in [-0.2, -0.15) is 11.8 Å². The van der Waals surface area contributed by atoms with Gasteiger partial charge in [0, 0.05) is 50.1 Å². The second-order valence-electron chi connectivity index (χ2n) is 8.27. The Morgan fingerprint density at radius 2 is 1.89 bits per heavy atom. The number of rotatable bonds is 7. The van der Waals surface area contributed by atoms with Gasteiger partial charge >= 0.3 is 0 Å². The molecule has 0 saturated carbocycles. The molecule has 0 aliphatic carbocycles. The van der Waals surface area contributed by atoms with Crippen molar-refractivity contribution < 1.29 is 9.59 Å². The number of piperidine rings is 1. The summed E-state index contributed by atoms with van der Waals surface area (Å²) in [6.07, 6.45) is 4.45. The molecule has 1 unspecified atom stereocenters. The molecule has 0 radical (unpaired) electrons. The Morgan fingerprint density at radius 1 is 1.21 bits per heavy atom. The first-order chi connectivity index (χ1) is 13.5. The van der Waals surface area contributed by atoms with Gasteiger partial charge in [-0.05, 0) is 42.7 Å². The fourth-order valence-corrected chi connectivity index (χ4v) is 4.45. The van der Waals surface area contributed by atoms with E-state index in [1.807, 2.05) is 23.9 Å². The Bertz CT molecular complexity index is 669. The van der Waals surface area contributed by atoms with Crippen molar-refractivity contribution in [2.24, 2.45) is 5.92 Å². The van der Waals surface area contributed by atoms with Crippen LogP contribution in [0.2, 0.25) is 0 Å². The van der Waals surface area contributed by atoms with Gasteiger partial charge in [0.1, 0.15) is 0 Å². The minimum atomic E-state index is -0.244. The lowest BCUT2D eigenvalue weighted by Crippen LogP contribution is -2.47. The van der Waals surface area contributed by atoms with Gasteiger partial charge in [-0.1, -0.05) is 26.0 Å². The molecule has 2 amide bonds. The maximum Gasteiger partial charge on any atom is 0.227 e. The van der Waals surface area contributed by atoms with Crippen LogP contribution < -0.4 is 10.2 Å². The average molecular weight is 404 g/mol. The fourth-order valence-electron chi connectivity index (χ4n) is 4.01. The van der Waals surface area contributed by atoms with Crippen LogP contribution in [0.4, 0.5) is 5.69 Å². The van der Waals surface area contributed by atoms with Crippen molar-refractivity contribution >= 4 is 29.3 Å². The summed E-state index contributed by atoms with van der Waals surface area (Å²) < 4.78 is 0. The van der Waals surface area contributed by atoms with Gasteiger partial charge in [-0.3, -0.25) is 9.59 Å². The van der Waals surface area contributed by atoms with Crippen LogP contribution in [0.25, 0.3) is 0 Å². The number of amides is 2. The van der Waals surface area contributed by atoms with Crippen LogP contribution >= 0.6 is 11.8 Å². The van der Waals surface area contributed by atoms with Crippen LogP contribution in [0.15, 0.2) is 24.3 Å². The zero-order valence-electron chi connectivity index (χ0n) is 17.3. The summed E-state index contributed by atoms with van der Waals surface area (Å²) in [5, 5.41) is 3.20. The third-order valence-corrected chi connectivity index (χ3v) is 6.50. The summed E-state index contributed by atoms with van der Waals surface area (Å²) in [4.78, 5) is 29.4. The molecule has 1 N–H and O–H groups in total. The lowest BCUT2D eigenvalue weighted by atomic mass is 10.0. The minimum Gasteiger partial charge on any atom is -0.353 e. The summed E-state index contributed by atoms with van der Waals surface area (Å²) in [6.45, 7) is 8.02. The first-order valence-electron chi connectivity index (χ1n) is 10.4. The van der Waals surface area contributed by atoms with Crippen LogP contribution in [0.1, 0.15) is 44.6 Å². The number of likely N-dealkylation sites (tertiary alicyclic amines) is 1. The van der Waals surface area contributed by atoms with Crippen LogP contribution in [-0.2, 0) is 9.59 Å². The highest BCUT2D eigenvalue weighted by Gasteiger charge is 2.36. The van der Waals surface area contributed by atoms with Gasteiger partial charge in [-0.15, -0.1) is 0 Å². The average Bonchev–Trinajstić information content (AvgIpc) is 3.09. The van der Waals surface area contributed by atoms with E-state index in [4.69, 9.17) is 0 Å². The van der Waals surface area contributed by atoms with E-state index in [9.17, 15) is 9.59 Å². The molecule has 1 aromatic rings. The van der Waals surface area contributed by atoms with Gasteiger partial charge in [0.15, 0.2) is 0 Å². The Morgan fingerprint density at radius 3 is 2.50 bits per heavy atom. The minimum absolute atomic E-state index is 0.0391. The third-order valence-electron chi connectivity index (χ3n) is 5.91. The molecule has 0 aromatic heterocycles.